The van der Waals surface area contributed by atoms with Crippen LogP contribution in [0.2, 0.25) is 0 Å². The van der Waals surface area contributed by atoms with Crippen LogP contribution >= 0.6 is 0 Å². The fourth-order valence-electron chi connectivity index (χ4n) is 3.49. The molecule has 1 aromatic carbocycles. The molecular formula is C16H21F3N2. The number of hydrogen-bond acceptors (Lipinski definition) is 2. The summed E-state index contributed by atoms with van der Waals surface area (Å²) in [6.07, 6.45) is -2.48. The van der Waals surface area contributed by atoms with E-state index in [4.69, 9.17) is 0 Å². The number of fused-ring (bicyclic) bond motifs is 1. The number of hydrogen-bond donors (Lipinski definition) is 1. The average Bonchev–Trinajstić information content (AvgIpc) is 2.47. The Balaban J connectivity index is 1.59. The monoisotopic (exact) mass is 298 g/mol. The van der Waals surface area contributed by atoms with Gasteiger partial charge in [0.1, 0.15) is 0 Å². The normalized spacial score (nSPS) is 24.4. The molecule has 0 radical (unpaired) electrons. The van der Waals surface area contributed by atoms with Gasteiger partial charge in [0.2, 0.25) is 0 Å². The zero-order valence-electron chi connectivity index (χ0n) is 12.0. The Morgan fingerprint density at radius 2 is 1.81 bits per heavy atom. The van der Waals surface area contributed by atoms with Gasteiger partial charge in [-0.1, -0.05) is 18.2 Å². The average molecular weight is 298 g/mol. The molecule has 2 aliphatic heterocycles. The minimum absolute atomic E-state index is 0.246. The van der Waals surface area contributed by atoms with Crippen molar-refractivity contribution in [3.8, 4) is 0 Å². The molecule has 2 heterocycles. The van der Waals surface area contributed by atoms with E-state index >= 15 is 0 Å². The van der Waals surface area contributed by atoms with Gasteiger partial charge in [-0.25, -0.2) is 0 Å². The molecule has 2 nitrogen and oxygen atoms in total. The second-order valence-electron chi connectivity index (χ2n) is 6.12. The van der Waals surface area contributed by atoms with E-state index in [1.165, 1.54) is 11.3 Å². The molecule has 5 heteroatoms. The summed E-state index contributed by atoms with van der Waals surface area (Å²) in [7, 11) is 0. The summed E-state index contributed by atoms with van der Waals surface area (Å²) in [5.74, 6) is -0.668. The second kappa shape index (κ2) is 5.87. The van der Waals surface area contributed by atoms with Gasteiger partial charge in [-0.2, -0.15) is 13.2 Å². The number of para-hydroxylation sites is 1. The molecule has 1 aromatic rings. The third-order valence-electron chi connectivity index (χ3n) is 4.74. The van der Waals surface area contributed by atoms with Crippen molar-refractivity contribution < 1.29 is 13.2 Å². The van der Waals surface area contributed by atoms with Gasteiger partial charge < -0.3 is 10.2 Å². The zero-order chi connectivity index (χ0) is 14.9. The van der Waals surface area contributed by atoms with E-state index in [0.717, 1.165) is 19.5 Å². The first-order chi connectivity index (χ1) is 10.0. The largest absolute Gasteiger partial charge is 0.391 e. The standard InChI is InChI=1S/C16H21F3N2/c17-16(18,19)13-6-9-21(10-7-13)11-12-5-8-20-15-4-2-1-3-14(12)15/h1-4,12-13,20H,5-11H2. The lowest BCUT2D eigenvalue weighted by atomic mass is 9.89. The highest BCUT2D eigenvalue weighted by atomic mass is 19.4. The van der Waals surface area contributed by atoms with Gasteiger partial charge in [0.15, 0.2) is 0 Å². The Morgan fingerprint density at radius 3 is 2.52 bits per heavy atom. The van der Waals surface area contributed by atoms with Crippen LogP contribution in [0.25, 0.3) is 0 Å². The van der Waals surface area contributed by atoms with Crippen LogP contribution in [-0.4, -0.2) is 37.3 Å². The lowest BCUT2D eigenvalue weighted by molar-refractivity contribution is -0.185. The molecule has 116 valence electrons. The number of nitrogens with zero attached hydrogens (tertiary/aromatic N) is 1. The van der Waals surface area contributed by atoms with Crippen LogP contribution in [0.3, 0.4) is 0 Å². The molecule has 1 atom stereocenters. The van der Waals surface area contributed by atoms with Crippen molar-refractivity contribution in [3.63, 3.8) is 0 Å². The van der Waals surface area contributed by atoms with E-state index in [0.29, 0.717) is 19.0 Å². The van der Waals surface area contributed by atoms with Gasteiger partial charge in [-0.3, -0.25) is 0 Å². The first-order valence-corrected chi connectivity index (χ1v) is 7.66. The Bertz CT molecular complexity index is 479. The fraction of sp³-hybridized carbons (Fsp3) is 0.625. The highest BCUT2D eigenvalue weighted by molar-refractivity contribution is 5.54. The number of rotatable bonds is 2. The number of nitrogens with one attached hydrogen (secondary N) is 1. The Kier molecular flexibility index (Phi) is 4.11. The van der Waals surface area contributed by atoms with Crippen LogP contribution in [0.15, 0.2) is 24.3 Å². The summed E-state index contributed by atoms with van der Waals surface area (Å²) in [5, 5.41) is 3.39. The van der Waals surface area contributed by atoms with Crippen molar-refractivity contribution in [1.82, 2.24) is 4.90 Å². The summed E-state index contributed by atoms with van der Waals surface area (Å²) in [6, 6.07) is 8.27. The molecule has 0 aromatic heterocycles. The molecule has 1 saturated heterocycles. The molecule has 0 amide bonds. The van der Waals surface area contributed by atoms with Crippen LogP contribution in [0.1, 0.15) is 30.7 Å². The minimum Gasteiger partial charge on any atom is -0.385 e. The molecule has 0 aliphatic carbocycles. The van der Waals surface area contributed by atoms with Crippen LogP contribution in [0, 0.1) is 5.92 Å². The summed E-state index contributed by atoms with van der Waals surface area (Å²) >= 11 is 0. The molecule has 0 saturated carbocycles. The van der Waals surface area contributed by atoms with Gasteiger partial charge in [0, 0.05) is 24.7 Å². The van der Waals surface area contributed by atoms with Crippen LogP contribution in [-0.2, 0) is 0 Å². The third-order valence-corrected chi connectivity index (χ3v) is 4.74. The molecule has 2 aliphatic rings. The molecule has 1 N–H and O–H groups in total. The predicted octanol–water partition coefficient (Wildman–Crippen LogP) is 3.86. The fourth-order valence-corrected chi connectivity index (χ4v) is 3.49. The molecule has 1 fully saturated rings. The maximum Gasteiger partial charge on any atom is 0.391 e. The number of alkyl halides is 3. The SMILES string of the molecule is FC(F)(F)C1CCN(CC2CCNc3ccccc32)CC1. The number of likely N-dealkylation sites (tertiary alicyclic amines) is 1. The van der Waals surface area contributed by atoms with Crippen LogP contribution in [0.4, 0.5) is 18.9 Å². The minimum atomic E-state index is -4.02. The van der Waals surface area contributed by atoms with Gasteiger partial charge in [-0.15, -0.1) is 0 Å². The molecular weight excluding hydrogens is 277 g/mol. The molecule has 0 bridgehead atoms. The lowest BCUT2D eigenvalue weighted by Crippen LogP contribution is -2.41. The first kappa shape index (κ1) is 14.7. The predicted molar refractivity (Wildman–Crippen MR) is 77.5 cm³/mol. The Labute approximate surface area is 123 Å². The van der Waals surface area contributed by atoms with Gasteiger partial charge in [0.25, 0.3) is 0 Å². The van der Waals surface area contributed by atoms with E-state index in [2.05, 4.69) is 22.3 Å². The van der Waals surface area contributed by atoms with Gasteiger partial charge >= 0.3 is 6.18 Å². The number of benzene rings is 1. The summed E-state index contributed by atoms with van der Waals surface area (Å²) in [4.78, 5) is 2.20. The van der Waals surface area contributed by atoms with Crippen molar-refractivity contribution >= 4 is 5.69 Å². The molecule has 1 unspecified atom stereocenters. The van der Waals surface area contributed by atoms with Crippen molar-refractivity contribution in [2.24, 2.45) is 5.92 Å². The Hall–Kier alpha value is -1.23. The van der Waals surface area contributed by atoms with E-state index in [1.54, 1.807) is 0 Å². The van der Waals surface area contributed by atoms with Gasteiger partial charge in [0.05, 0.1) is 5.92 Å². The number of anilines is 1. The Morgan fingerprint density at radius 1 is 1.10 bits per heavy atom. The molecule has 3 rings (SSSR count). The van der Waals surface area contributed by atoms with E-state index < -0.39 is 12.1 Å². The van der Waals surface area contributed by atoms with Gasteiger partial charge in [-0.05, 0) is 44.0 Å². The highest BCUT2D eigenvalue weighted by Gasteiger charge is 2.41. The summed E-state index contributed by atoms with van der Waals surface area (Å²) in [6.45, 7) is 2.95. The summed E-state index contributed by atoms with van der Waals surface area (Å²) in [5.41, 5.74) is 2.49. The van der Waals surface area contributed by atoms with E-state index in [9.17, 15) is 13.2 Å². The van der Waals surface area contributed by atoms with Crippen molar-refractivity contribution in [1.29, 1.82) is 0 Å². The highest BCUT2D eigenvalue weighted by Crippen LogP contribution is 2.36. The lowest BCUT2D eigenvalue weighted by Gasteiger charge is -2.36. The topological polar surface area (TPSA) is 15.3 Å². The van der Waals surface area contributed by atoms with Crippen LogP contribution in [0.5, 0.6) is 0 Å². The van der Waals surface area contributed by atoms with E-state index in [-0.39, 0.29) is 12.8 Å². The number of piperidine rings is 1. The van der Waals surface area contributed by atoms with E-state index in [1.807, 2.05) is 12.1 Å². The van der Waals surface area contributed by atoms with Crippen molar-refractivity contribution in [3.05, 3.63) is 29.8 Å². The third kappa shape index (κ3) is 3.34. The van der Waals surface area contributed by atoms with Crippen molar-refractivity contribution in [2.75, 3.05) is 31.5 Å². The smallest absolute Gasteiger partial charge is 0.385 e. The second-order valence-corrected chi connectivity index (χ2v) is 6.12. The maximum absolute atomic E-state index is 12.7. The molecule has 0 spiro atoms. The zero-order valence-corrected chi connectivity index (χ0v) is 12.0. The summed E-state index contributed by atoms with van der Waals surface area (Å²) < 4.78 is 38.1. The number of halogens is 3. The van der Waals surface area contributed by atoms with Crippen molar-refractivity contribution in [2.45, 2.75) is 31.4 Å². The maximum atomic E-state index is 12.7. The molecule has 21 heavy (non-hydrogen) atoms. The quantitative estimate of drug-likeness (QED) is 0.892. The van der Waals surface area contributed by atoms with Crippen LogP contribution < -0.4 is 5.32 Å². The first-order valence-electron chi connectivity index (χ1n) is 7.66.